The van der Waals surface area contributed by atoms with Crippen molar-refractivity contribution < 1.29 is 14.3 Å². The highest BCUT2D eigenvalue weighted by Gasteiger charge is 2.32. The molecule has 1 saturated carbocycles. The second-order valence-electron chi connectivity index (χ2n) is 8.33. The Kier molecular flexibility index (Phi) is 7.06. The molecule has 2 fully saturated rings. The van der Waals surface area contributed by atoms with Gasteiger partial charge in [0.1, 0.15) is 11.4 Å². The molecule has 0 N–H and O–H groups in total. The largest absolute Gasteiger partial charge is 0.444 e. The van der Waals surface area contributed by atoms with E-state index in [0.717, 1.165) is 25.0 Å². The summed E-state index contributed by atoms with van der Waals surface area (Å²) in [5.41, 5.74) is 1.77. The highest BCUT2D eigenvalue weighted by atomic mass is 16.6. The van der Waals surface area contributed by atoms with Gasteiger partial charge in [0, 0.05) is 37.5 Å². The number of likely N-dealkylation sites (tertiary alicyclic amines) is 1. The van der Waals surface area contributed by atoms with Crippen LogP contribution in [0.4, 0.5) is 4.79 Å². The van der Waals surface area contributed by atoms with Crippen LogP contribution in [0.2, 0.25) is 0 Å². The van der Waals surface area contributed by atoms with Crippen LogP contribution in [0.5, 0.6) is 0 Å². The van der Waals surface area contributed by atoms with Gasteiger partial charge >= 0.3 is 6.09 Å². The number of hydrogen-bond acceptors (Lipinski definition) is 4. The molecule has 1 aliphatic heterocycles. The van der Waals surface area contributed by atoms with Crippen LogP contribution in [-0.2, 0) is 9.53 Å². The van der Waals surface area contributed by atoms with Gasteiger partial charge in [-0.05, 0) is 53.0 Å². The van der Waals surface area contributed by atoms with E-state index in [2.05, 4.69) is 15.8 Å². The lowest BCUT2D eigenvalue weighted by atomic mass is 9.93. The van der Waals surface area contributed by atoms with E-state index >= 15 is 0 Å². The Morgan fingerprint density at radius 3 is 2.33 bits per heavy atom. The van der Waals surface area contributed by atoms with Crippen LogP contribution in [0.3, 0.4) is 0 Å². The zero-order valence-corrected chi connectivity index (χ0v) is 17.7. The minimum absolute atomic E-state index is 0.208. The van der Waals surface area contributed by atoms with Crippen molar-refractivity contribution >= 4 is 11.9 Å². The standard InChI is InChI=1S/C19H29N3O3.C2H6/c1-13-11-17(22(20-13)15-5-6-16(23)12-15)14-7-9-21(10-8-14)18(24)25-19(2,3)4;1-2/h11,14-15H,5-10,12H2,1-4H3;1-2H3. The number of carbonyl (C=O) groups excluding carboxylic acids is 2. The summed E-state index contributed by atoms with van der Waals surface area (Å²) in [5.74, 6) is 0.722. The average Bonchev–Trinajstić information content (AvgIpc) is 3.21. The van der Waals surface area contributed by atoms with Crippen LogP contribution in [0, 0.1) is 6.92 Å². The van der Waals surface area contributed by atoms with Gasteiger partial charge in [0.25, 0.3) is 0 Å². The Morgan fingerprint density at radius 2 is 1.81 bits per heavy atom. The molecule has 1 unspecified atom stereocenters. The maximum absolute atomic E-state index is 12.2. The van der Waals surface area contributed by atoms with Crippen LogP contribution in [-0.4, -0.2) is 45.2 Å². The van der Waals surface area contributed by atoms with Crippen molar-refractivity contribution in [1.82, 2.24) is 14.7 Å². The fourth-order valence-electron chi connectivity index (χ4n) is 3.82. The molecule has 0 radical (unpaired) electrons. The van der Waals surface area contributed by atoms with E-state index in [9.17, 15) is 9.59 Å². The minimum atomic E-state index is -0.460. The second kappa shape index (κ2) is 8.89. The first kappa shape index (κ1) is 21.5. The summed E-state index contributed by atoms with van der Waals surface area (Å²) in [6, 6.07) is 2.36. The minimum Gasteiger partial charge on any atom is -0.444 e. The highest BCUT2D eigenvalue weighted by molar-refractivity contribution is 5.80. The van der Waals surface area contributed by atoms with Gasteiger partial charge in [-0.2, -0.15) is 5.10 Å². The predicted octanol–water partition coefficient (Wildman–Crippen LogP) is 4.63. The smallest absolute Gasteiger partial charge is 0.410 e. The Morgan fingerprint density at radius 1 is 1.19 bits per heavy atom. The third kappa shape index (κ3) is 5.56. The van der Waals surface area contributed by atoms with Gasteiger partial charge in [-0.25, -0.2) is 4.79 Å². The molecule has 3 rings (SSSR count). The number of Topliss-reactive ketones (excluding diaryl/α,β-unsaturated/α-hetero) is 1. The van der Waals surface area contributed by atoms with E-state index < -0.39 is 5.60 Å². The van der Waals surface area contributed by atoms with E-state index in [4.69, 9.17) is 4.74 Å². The maximum Gasteiger partial charge on any atom is 0.410 e. The van der Waals surface area contributed by atoms with Gasteiger partial charge in [0.05, 0.1) is 11.7 Å². The monoisotopic (exact) mass is 377 g/mol. The zero-order valence-electron chi connectivity index (χ0n) is 17.7. The number of nitrogens with zero attached hydrogens (tertiary/aromatic N) is 3. The summed E-state index contributed by atoms with van der Waals surface area (Å²) in [6.45, 7) is 13.1. The normalized spacial score (nSPS) is 21.0. The molecule has 2 aliphatic rings. The lowest BCUT2D eigenvalue weighted by Crippen LogP contribution is -2.41. The molecule has 2 heterocycles. The molecule has 1 amide bonds. The Hall–Kier alpha value is -1.85. The van der Waals surface area contributed by atoms with Gasteiger partial charge in [-0.15, -0.1) is 0 Å². The van der Waals surface area contributed by atoms with Crippen LogP contribution in [0.25, 0.3) is 0 Å². The third-order valence-corrected chi connectivity index (χ3v) is 5.02. The summed E-state index contributed by atoms with van der Waals surface area (Å²) in [6.07, 6.45) is 3.75. The molecule has 27 heavy (non-hydrogen) atoms. The molecule has 0 bridgehead atoms. The van der Waals surface area contributed by atoms with Gasteiger partial charge in [-0.3, -0.25) is 9.48 Å². The van der Waals surface area contributed by atoms with E-state index in [0.29, 0.717) is 37.6 Å². The first-order valence-electron chi connectivity index (χ1n) is 10.3. The predicted molar refractivity (Wildman–Crippen MR) is 106 cm³/mol. The molecule has 6 nitrogen and oxygen atoms in total. The molecule has 1 aliphatic carbocycles. The topological polar surface area (TPSA) is 64.4 Å². The number of ketones is 1. The highest BCUT2D eigenvalue weighted by Crippen LogP contribution is 2.34. The average molecular weight is 378 g/mol. The van der Waals surface area contributed by atoms with Crippen molar-refractivity contribution in [2.75, 3.05) is 13.1 Å². The maximum atomic E-state index is 12.2. The molecule has 6 heteroatoms. The van der Waals surface area contributed by atoms with Crippen molar-refractivity contribution in [3.8, 4) is 0 Å². The van der Waals surface area contributed by atoms with E-state index in [-0.39, 0.29) is 12.1 Å². The number of ether oxygens (including phenoxy) is 1. The fraction of sp³-hybridized carbons (Fsp3) is 0.762. The first-order valence-corrected chi connectivity index (χ1v) is 10.3. The van der Waals surface area contributed by atoms with Crippen molar-refractivity contribution in [1.29, 1.82) is 0 Å². The summed E-state index contributed by atoms with van der Waals surface area (Å²) < 4.78 is 7.56. The van der Waals surface area contributed by atoms with Crippen molar-refractivity contribution in [2.45, 2.75) is 91.2 Å². The van der Waals surface area contributed by atoms with Crippen LogP contribution in [0.1, 0.15) is 90.1 Å². The lowest BCUT2D eigenvalue weighted by molar-refractivity contribution is -0.117. The summed E-state index contributed by atoms with van der Waals surface area (Å²) >= 11 is 0. The van der Waals surface area contributed by atoms with Crippen LogP contribution < -0.4 is 0 Å². The van der Waals surface area contributed by atoms with Crippen LogP contribution >= 0.6 is 0 Å². The Balaban J connectivity index is 0.00000126. The number of amides is 1. The van der Waals surface area contributed by atoms with Gasteiger partial charge in [0.2, 0.25) is 0 Å². The van der Waals surface area contributed by atoms with E-state index in [1.807, 2.05) is 41.5 Å². The quantitative estimate of drug-likeness (QED) is 0.754. The van der Waals surface area contributed by atoms with E-state index in [1.54, 1.807) is 4.90 Å². The Labute approximate surface area is 163 Å². The fourth-order valence-corrected chi connectivity index (χ4v) is 3.82. The van der Waals surface area contributed by atoms with Crippen molar-refractivity contribution in [3.63, 3.8) is 0 Å². The number of carbonyl (C=O) groups is 2. The molecule has 1 aromatic rings. The third-order valence-electron chi connectivity index (χ3n) is 5.02. The molecule has 0 spiro atoms. The lowest BCUT2D eigenvalue weighted by Gasteiger charge is -2.34. The molecule has 152 valence electrons. The van der Waals surface area contributed by atoms with Crippen molar-refractivity contribution in [2.24, 2.45) is 0 Å². The number of rotatable bonds is 2. The van der Waals surface area contributed by atoms with Gasteiger partial charge in [0.15, 0.2) is 0 Å². The molecule has 1 saturated heterocycles. The molecule has 1 aromatic heterocycles. The SMILES string of the molecule is CC.Cc1cc(C2CCN(C(=O)OC(C)(C)C)CC2)n(C2CCC(=O)C2)n1. The van der Waals surface area contributed by atoms with Gasteiger partial charge < -0.3 is 9.64 Å². The number of piperidine rings is 1. The first-order chi connectivity index (χ1) is 12.7. The molecular weight excluding hydrogens is 342 g/mol. The molecule has 0 aromatic carbocycles. The van der Waals surface area contributed by atoms with Crippen LogP contribution in [0.15, 0.2) is 6.07 Å². The van der Waals surface area contributed by atoms with Crippen molar-refractivity contribution in [3.05, 3.63) is 17.5 Å². The number of aromatic nitrogens is 2. The summed E-state index contributed by atoms with van der Waals surface area (Å²) in [7, 11) is 0. The molecular formula is C21H35N3O3. The summed E-state index contributed by atoms with van der Waals surface area (Å²) in [5, 5.41) is 4.66. The van der Waals surface area contributed by atoms with Gasteiger partial charge in [-0.1, -0.05) is 13.8 Å². The molecule has 1 atom stereocenters. The van der Waals surface area contributed by atoms with E-state index in [1.165, 1.54) is 5.69 Å². The second-order valence-corrected chi connectivity index (χ2v) is 8.33. The number of hydrogen-bond donors (Lipinski definition) is 0. The zero-order chi connectivity index (χ0) is 20.2. The summed E-state index contributed by atoms with van der Waals surface area (Å²) in [4.78, 5) is 25.7. The Bertz CT molecular complexity index is 652. The number of aryl methyl sites for hydroxylation is 1.